The Balaban J connectivity index is 2.81. The van der Waals surface area contributed by atoms with Crippen molar-refractivity contribution in [1.29, 1.82) is 0 Å². The maximum Gasteiger partial charge on any atom is 0.310 e. The van der Waals surface area contributed by atoms with Crippen molar-refractivity contribution in [1.82, 2.24) is 0 Å². The second-order valence-corrected chi connectivity index (χ2v) is 5.31. The molecule has 0 aromatic heterocycles. The third kappa shape index (κ3) is 4.15. The molecule has 1 aromatic rings. The number of ether oxygens (including phenoxy) is 1. The number of aliphatic carboxylic acids is 1. The Kier molecular flexibility index (Phi) is 4.91. The first-order valence-corrected chi connectivity index (χ1v) is 6.20. The average molecular weight is 250 g/mol. The fraction of sp³-hybridized carbons (Fsp3) is 0.533. The van der Waals surface area contributed by atoms with Crippen LogP contribution in [0.5, 0.6) is 0 Å². The first-order chi connectivity index (χ1) is 8.35. The van der Waals surface area contributed by atoms with Crippen molar-refractivity contribution in [3.05, 3.63) is 35.4 Å². The SMILES string of the molecule is COC(C)(C)CCC(C(=O)O)c1cccc(C)c1. The summed E-state index contributed by atoms with van der Waals surface area (Å²) in [6.07, 6.45) is 1.30. The summed E-state index contributed by atoms with van der Waals surface area (Å²) >= 11 is 0. The summed E-state index contributed by atoms with van der Waals surface area (Å²) in [4.78, 5) is 11.4. The lowest BCUT2D eigenvalue weighted by atomic mass is 9.89. The Morgan fingerprint density at radius 3 is 2.61 bits per heavy atom. The molecule has 0 saturated carbocycles. The Bertz CT molecular complexity index is 410. The van der Waals surface area contributed by atoms with E-state index >= 15 is 0 Å². The molecule has 3 heteroatoms. The Morgan fingerprint density at radius 1 is 1.44 bits per heavy atom. The van der Waals surface area contributed by atoms with Crippen LogP contribution in [0.2, 0.25) is 0 Å². The van der Waals surface area contributed by atoms with Gasteiger partial charge in [0.25, 0.3) is 0 Å². The molecule has 0 fully saturated rings. The smallest absolute Gasteiger partial charge is 0.310 e. The largest absolute Gasteiger partial charge is 0.481 e. The first kappa shape index (κ1) is 14.7. The number of carboxylic acids is 1. The highest BCUT2D eigenvalue weighted by atomic mass is 16.5. The second kappa shape index (κ2) is 6.01. The van der Waals surface area contributed by atoms with E-state index in [4.69, 9.17) is 4.74 Å². The molecule has 0 spiro atoms. The molecule has 0 aliphatic heterocycles. The topological polar surface area (TPSA) is 46.5 Å². The van der Waals surface area contributed by atoms with Crippen molar-refractivity contribution >= 4 is 5.97 Å². The molecule has 1 atom stereocenters. The van der Waals surface area contributed by atoms with Gasteiger partial charge in [0.1, 0.15) is 0 Å². The summed E-state index contributed by atoms with van der Waals surface area (Å²) in [6.45, 7) is 5.92. The summed E-state index contributed by atoms with van der Waals surface area (Å²) in [5, 5.41) is 9.35. The average Bonchev–Trinajstić information content (AvgIpc) is 2.29. The van der Waals surface area contributed by atoms with Gasteiger partial charge in [-0.1, -0.05) is 29.8 Å². The maximum absolute atomic E-state index is 11.4. The highest BCUT2D eigenvalue weighted by Gasteiger charge is 2.24. The van der Waals surface area contributed by atoms with Crippen LogP contribution in [0.15, 0.2) is 24.3 Å². The molecule has 0 bridgehead atoms. The summed E-state index contributed by atoms with van der Waals surface area (Å²) < 4.78 is 5.33. The fourth-order valence-electron chi connectivity index (χ4n) is 1.91. The van der Waals surface area contributed by atoms with E-state index in [1.54, 1.807) is 7.11 Å². The predicted octanol–water partition coefficient (Wildman–Crippen LogP) is 3.37. The lowest BCUT2D eigenvalue weighted by molar-refractivity contribution is -0.139. The van der Waals surface area contributed by atoms with E-state index in [1.807, 2.05) is 45.0 Å². The molecule has 100 valence electrons. The third-order valence-corrected chi connectivity index (χ3v) is 3.33. The molecule has 0 heterocycles. The zero-order chi connectivity index (χ0) is 13.8. The van der Waals surface area contributed by atoms with Crippen LogP contribution in [-0.4, -0.2) is 23.8 Å². The van der Waals surface area contributed by atoms with Crippen LogP contribution in [0.4, 0.5) is 0 Å². The molecule has 0 aliphatic rings. The number of methoxy groups -OCH3 is 1. The number of hydrogen-bond acceptors (Lipinski definition) is 2. The van der Waals surface area contributed by atoms with Gasteiger partial charge < -0.3 is 9.84 Å². The Labute approximate surface area is 109 Å². The zero-order valence-electron chi connectivity index (χ0n) is 11.6. The molecule has 3 nitrogen and oxygen atoms in total. The summed E-state index contributed by atoms with van der Waals surface area (Å²) in [7, 11) is 1.66. The van der Waals surface area contributed by atoms with Crippen LogP contribution < -0.4 is 0 Å². The highest BCUT2D eigenvalue weighted by molar-refractivity contribution is 5.76. The maximum atomic E-state index is 11.4. The summed E-state index contributed by atoms with van der Waals surface area (Å²) in [5.74, 6) is -1.23. The van der Waals surface area contributed by atoms with Crippen molar-refractivity contribution in [2.75, 3.05) is 7.11 Å². The molecule has 0 radical (unpaired) electrons. The minimum Gasteiger partial charge on any atom is -0.481 e. The zero-order valence-corrected chi connectivity index (χ0v) is 11.6. The van der Waals surface area contributed by atoms with Gasteiger partial charge in [-0.3, -0.25) is 4.79 Å². The van der Waals surface area contributed by atoms with Crippen molar-refractivity contribution in [2.24, 2.45) is 0 Å². The van der Waals surface area contributed by atoms with E-state index < -0.39 is 11.9 Å². The van der Waals surface area contributed by atoms with Crippen LogP contribution >= 0.6 is 0 Å². The van der Waals surface area contributed by atoms with E-state index in [0.717, 1.165) is 11.1 Å². The number of benzene rings is 1. The van der Waals surface area contributed by atoms with Gasteiger partial charge in [-0.2, -0.15) is 0 Å². The fourth-order valence-corrected chi connectivity index (χ4v) is 1.91. The lowest BCUT2D eigenvalue weighted by Crippen LogP contribution is -2.24. The van der Waals surface area contributed by atoms with Crippen molar-refractivity contribution in [3.8, 4) is 0 Å². The number of rotatable bonds is 6. The molecular formula is C15H22O3. The molecule has 1 aromatic carbocycles. The van der Waals surface area contributed by atoms with Crippen molar-refractivity contribution < 1.29 is 14.6 Å². The van der Waals surface area contributed by atoms with Gasteiger partial charge in [0.2, 0.25) is 0 Å². The Morgan fingerprint density at radius 2 is 2.11 bits per heavy atom. The Hall–Kier alpha value is -1.35. The minimum atomic E-state index is -0.771. The standard InChI is InChI=1S/C15H22O3/c1-11-6-5-7-12(10-11)13(14(16)17)8-9-15(2,3)18-4/h5-7,10,13H,8-9H2,1-4H3,(H,16,17). The van der Waals surface area contributed by atoms with Crippen LogP contribution in [0, 0.1) is 6.92 Å². The van der Waals surface area contributed by atoms with Gasteiger partial charge in [0.05, 0.1) is 11.5 Å². The van der Waals surface area contributed by atoms with Gasteiger partial charge in [-0.05, 0) is 39.2 Å². The minimum absolute atomic E-state index is 0.280. The molecule has 18 heavy (non-hydrogen) atoms. The molecule has 1 unspecified atom stereocenters. The van der Waals surface area contributed by atoms with Crippen LogP contribution in [0.1, 0.15) is 43.7 Å². The van der Waals surface area contributed by atoms with Gasteiger partial charge >= 0.3 is 5.97 Å². The molecule has 0 amide bonds. The molecule has 0 saturated heterocycles. The predicted molar refractivity (Wildman–Crippen MR) is 71.9 cm³/mol. The highest BCUT2D eigenvalue weighted by Crippen LogP contribution is 2.27. The molecule has 1 rings (SSSR count). The third-order valence-electron chi connectivity index (χ3n) is 3.33. The van der Waals surface area contributed by atoms with Crippen LogP contribution in [0.25, 0.3) is 0 Å². The van der Waals surface area contributed by atoms with E-state index in [9.17, 15) is 9.90 Å². The summed E-state index contributed by atoms with van der Waals surface area (Å²) in [6, 6.07) is 7.70. The van der Waals surface area contributed by atoms with E-state index in [1.165, 1.54) is 0 Å². The lowest BCUT2D eigenvalue weighted by Gasteiger charge is -2.24. The summed E-state index contributed by atoms with van der Waals surface area (Å²) in [5.41, 5.74) is 1.68. The van der Waals surface area contributed by atoms with E-state index in [0.29, 0.717) is 12.8 Å². The first-order valence-electron chi connectivity index (χ1n) is 6.20. The molecule has 1 N–H and O–H groups in total. The number of carbonyl (C=O) groups is 1. The van der Waals surface area contributed by atoms with Crippen molar-refractivity contribution in [3.63, 3.8) is 0 Å². The van der Waals surface area contributed by atoms with E-state index in [2.05, 4.69) is 0 Å². The monoisotopic (exact) mass is 250 g/mol. The van der Waals surface area contributed by atoms with Gasteiger partial charge in [0.15, 0.2) is 0 Å². The number of aryl methyl sites for hydroxylation is 1. The van der Waals surface area contributed by atoms with Gasteiger partial charge in [0, 0.05) is 7.11 Å². The number of hydrogen-bond donors (Lipinski definition) is 1. The van der Waals surface area contributed by atoms with Crippen LogP contribution in [0.3, 0.4) is 0 Å². The molecular weight excluding hydrogens is 228 g/mol. The second-order valence-electron chi connectivity index (χ2n) is 5.31. The van der Waals surface area contributed by atoms with Crippen molar-refractivity contribution in [2.45, 2.75) is 45.1 Å². The normalized spacial score (nSPS) is 13.3. The molecule has 0 aliphatic carbocycles. The quantitative estimate of drug-likeness (QED) is 0.842. The number of carboxylic acid groups (broad SMARTS) is 1. The van der Waals surface area contributed by atoms with Gasteiger partial charge in [-0.25, -0.2) is 0 Å². The van der Waals surface area contributed by atoms with E-state index in [-0.39, 0.29) is 5.60 Å². The van der Waals surface area contributed by atoms with Crippen LogP contribution in [-0.2, 0) is 9.53 Å². The van der Waals surface area contributed by atoms with Gasteiger partial charge in [-0.15, -0.1) is 0 Å².